The quantitative estimate of drug-likeness (QED) is 0.628. The van der Waals surface area contributed by atoms with E-state index >= 15 is 0 Å². The summed E-state index contributed by atoms with van der Waals surface area (Å²) < 4.78 is 21.3. The van der Waals surface area contributed by atoms with Crippen molar-refractivity contribution in [3.63, 3.8) is 0 Å². The fourth-order valence-corrected chi connectivity index (χ4v) is 4.24. The molecule has 8 heteroatoms. The Balaban J connectivity index is 1.48. The van der Waals surface area contributed by atoms with Gasteiger partial charge in [-0.1, -0.05) is 37.3 Å². The number of benzene rings is 2. The average molecular weight is 411 g/mol. The number of nitrogens with two attached hydrogens (primary N) is 1. The van der Waals surface area contributed by atoms with Gasteiger partial charge in [-0.05, 0) is 17.9 Å². The van der Waals surface area contributed by atoms with E-state index in [4.69, 9.17) is 10.5 Å². The summed E-state index contributed by atoms with van der Waals surface area (Å²) in [6.07, 6.45) is 2.07. The van der Waals surface area contributed by atoms with Gasteiger partial charge in [-0.25, -0.2) is 9.18 Å². The Kier molecular flexibility index (Phi) is 5.48. The number of halogens is 1. The fraction of sp³-hybridized carbons (Fsp3) is 0.364. The van der Waals surface area contributed by atoms with Gasteiger partial charge in [0.25, 0.3) is 0 Å². The van der Waals surface area contributed by atoms with Crippen molar-refractivity contribution < 1.29 is 13.9 Å². The van der Waals surface area contributed by atoms with Gasteiger partial charge in [0.05, 0.1) is 17.6 Å². The maximum atomic E-state index is 14.4. The maximum Gasteiger partial charge on any atom is 0.407 e. The number of anilines is 2. The summed E-state index contributed by atoms with van der Waals surface area (Å²) >= 11 is 0. The van der Waals surface area contributed by atoms with Crippen LogP contribution in [0.15, 0.2) is 42.6 Å². The van der Waals surface area contributed by atoms with E-state index in [9.17, 15) is 9.18 Å². The van der Waals surface area contributed by atoms with Crippen molar-refractivity contribution in [1.29, 1.82) is 0 Å². The highest BCUT2D eigenvalue weighted by molar-refractivity contribution is 5.99. The van der Waals surface area contributed by atoms with Crippen molar-refractivity contribution in [2.24, 2.45) is 13.0 Å². The van der Waals surface area contributed by atoms with Gasteiger partial charge in [-0.15, -0.1) is 0 Å². The molecule has 1 aliphatic rings. The fourth-order valence-electron chi connectivity index (χ4n) is 4.24. The smallest absolute Gasteiger partial charge is 0.407 e. The number of nitrogen functional groups attached to an aromatic ring is 1. The lowest BCUT2D eigenvalue weighted by Gasteiger charge is -2.29. The first-order valence-corrected chi connectivity index (χ1v) is 10.0. The molecule has 0 spiro atoms. The summed E-state index contributed by atoms with van der Waals surface area (Å²) in [5, 5.41) is 7.75. The topological polar surface area (TPSA) is 85.4 Å². The number of aryl methyl sites for hydroxylation is 1. The molecule has 158 valence electrons. The van der Waals surface area contributed by atoms with Crippen molar-refractivity contribution in [2.75, 3.05) is 23.7 Å². The lowest BCUT2D eigenvalue weighted by molar-refractivity contribution is 0.139. The summed E-state index contributed by atoms with van der Waals surface area (Å²) in [7, 11) is 1.71. The van der Waals surface area contributed by atoms with E-state index < -0.39 is 11.9 Å². The van der Waals surface area contributed by atoms with Crippen LogP contribution in [0.3, 0.4) is 0 Å². The van der Waals surface area contributed by atoms with Crippen LogP contribution >= 0.6 is 0 Å². The van der Waals surface area contributed by atoms with E-state index in [-0.39, 0.29) is 12.6 Å². The predicted molar refractivity (Wildman–Crippen MR) is 115 cm³/mol. The van der Waals surface area contributed by atoms with Crippen LogP contribution in [0.5, 0.6) is 0 Å². The molecule has 2 heterocycles. The molecule has 1 saturated heterocycles. The molecule has 30 heavy (non-hydrogen) atoms. The number of hydrogen-bond acceptors (Lipinski definition) is 5. The first-order valence-electron chi connectivity index (χ1n) is 10.0. The summed E-state index contributed by atoms with van der Waals surface area (Å²) in [5.41, 5.74) is 8.72. The van der Waals surface area contributed by atoms with E-state index in [0.29, 0.717) is 29.1 Å². The number of amides is 1. The minimum atomic E-state index is -0.461. The monoisotopic (exact) mass is 411 g/mol. The van der Waals surface area contributed by atoms with Crippen LogP contribution in [0.25, 0.3) is 10.9 Å². The predicted octanol–water partition coefficient (Wildman–Crippen LogP) is 3.44. The van der Waals surface area contributed by atoms with Crippen LogP contribution in [0.4, 0.5) is 20.6 Å². The number of nitrogens with zero attached hydrogens (tertiary/aromatic N) is 3. The highest BCUT2D eigenvalue weighted by atomic mass is 19.1. The number of alkyl carbamates (subject to hydrolysis) is 1. The van der Waals surface area contributed by atoms with E-state index in [1.54, 1.807) is 13.2 Å². The zero-order valence-electron chi connectivity index (χ0n) is 17.1. The van der Waals surface area contributed by atoms with Gasteiger partial charge in [0.15, 0.2) is 5.82 Å². The van der Waals surface area contributed by atoms with Gasteiger partial charge < -0.3 is 20.7 Å². The van der Waals surface area contributed by atoms with Gasteiger partial charge in [-0.3, -0.25) is 4.68 Å². The molecule has 1 aromatic heterocycles. The number of carbonyl (C=O) groups excluding carboxylic acids is 1. The van der Waals surface area contributed by atoms with Crippen molar-refractivity contribution in [2.45, 2.75) is 26.0 Å². The summed E-state index contributed by atoms with van der Waals surface area (Å²) in [6.45, 7) is 3.56. The number of rotatable bonds is 5. The summed E-state index contributed by atoms with van der Waals surface area (Å²) in [5.74, 6) is 0.0194. The Labute approximate surface area is 174 Å². The normalized spacial score (nSPS) is 18.7. The number of ether oxygens (including phenoxy) is 1. The molecule has 0 radical (unpaired) electrons. The third-order valence-electron chi connectivity index (χ3n) is 5.58. The average Bonchev–Trinajstić information content (AvgIpc) is 3.28. The molecule has 1 aliphatic heterocycles. The molecule has 0 saturated carbocycles. The Hall–Kier alpha value is -3.29. The van der Waals surface area contributed by atoms with E-state index in [0.717, 1.165) is 24.2 Å². The molecule has 1 amide bonds. The van der Waals surface area contributed by atoms with Crippen molar-refractivity contribution in [3.05, 3.63) is 54.0 Å². The summed E-state index contributed by atoms with van der Waals surface area (Å²) in [4.78, 5) is 14.3. The molecule has 0 bridgehead atoms. The number of nitrogens with one attached hydrogen (secondary N) is 1. The van der Waals surface area contributed by atoms with Gasteiger partial charge >= 0.3 is 6.09 Å². The number of aromatic nitrogens is 2. The minimum Gasteiger partial charge on any atom is -0.445 e. The van der Waals surface area contributed by atoms with E-state index in [1.165, 1.54) is 10.7 Å². The molecule has 0 unspecified atom stereocenters. The molecule has 1 fully saturated rings. The minimum absolute atomic E-state index is 0.0282. The van der Waals surface area contributed by atoms with Crippen molar-refractivity contribution in [1.82, 2.24) is 15.1 Å². The van der Waals surface area contributed by atoms with Gasteiger partial charge in [0, 0.05) is 37.6 Å². The Morgan fingerprint density at radius 3 is 2.90 bits per heavy atom. The second-order valence-corrected chi connectivity index (χ2v) is 7.92. The zero-order chi connectivity index (χ0) is 21.3. The largest absolute Gasteiger partial charge is 0.445 e. The molecule has 2 atom stereocenters. The van der Waals surface area contributed by atoms with Crippen LogP contribution in [0, 0.1) is 11.7 Å². The standard InChI is InChI=1S/C22H26FN5O2/c1-14-8-16(10-25-22(29)30-13-15-6-4-3-5-7-15)28(12-14)21-17-11-26-27(2)20(17)18(23)9-19(21)24/h3-7,9,11,14,16H,8,10,12-13,24H2,1-2H3,(H,25,29)/t14-,16-/m0/s1. The third-order valence-corrected chi connectivity index (χ3v) is 5.58. The SMILES string of the molecule is C[C@H]1C[C@@H](CNC(=O)OCc2ccccc2)N(c2c(N)cc(F)c3c2cnn3C)C1. The van der Waals surface area contributed by atoms with Crippen LogP contribution in [0.1, 0.15) is 18.9 Å². The highest BCUT2D eigenvalue weighted by Gasteiger charge is 2.33. The molecular weight excluding hydrogens is 385 g/mol. The second-order valence-electron chi connectivity index (χ2n) is 7.92. The summed E-state index contributed by atoms with van der Waals surface area (Å²) in [6, 6.07) is 10.9. The van der Waals surface area contributed by atoms with Crippen LogP contribution in [0.2, 0.25) is 0 Å². The Morgan fingerprint density at radius 2 is 2.13 bits per heavy atom. The van der Waals surface area contributed by atoms with Gasteiger partial charge in [0.2, 0.25) is 0 Å². The van der Waals surface area contributed by atoms with E-state index in [1.807, 2.05) is 30.3 Å². The molecule has 0 aliphatic carbocycles. The number of hydrogen-bond donors (Lipinski definition) is 2. The first-order chi connectivity index (χ1) is 14.4. The molecule has 3 N–H and O–H groups in total. The second kappa shape index (κ2) is 8.22. The number of fused-ring (bicyclic) bond motifs is 1. The lowest BCUT2D eigenvalue weighted by atomic mass is 10.1. The van der Waals surface area contributed by atoms with Crippen molar-refractivity contribution >= 4 is 28.4 Å². The van der Waals surface area contributed by atoms with Crippen molar-refractivity contribution in [3.8, 4) is 0 Å². The molecule has 4 rings (SSSR count). The first kappa shape index (κ1) is 20.0. The van der Waals surface area contributed by atoms with Gasteiger partial charge in [0.1, 0.15) is 12.1 Å². The lowest BCUT2D eigenvalue weighted by Crippen LogP contribution is -2.40. The van der Waals surface area contributed by atoms with Crippen LogP contribution < -0.4 is 16.0 Å². The highest BCUT2D eigenvalue weighted by Crippen LogP contribution is 2.39. The Bertz CT molecular complexity index is 1050. The zero-order valence-corrected chi connectivity index (χ0v) is 17.1. The van der Waals surface area contributed by atoms with Gasteiger partial charge in [-0.2, -0.15) is 5.10 Å². The van der Waals surface area contributed by atoms with Crippen LogP contribution in [-0.2, 0) is 18.4 Å². The molecule has 7 nitrogen and oxygen atoms in total. The molecule has 3 aromatic rings. The number of carbonyl (C=O) groups is 1. The van der Waals surface area contributed by atoms with Crippen LogP contribution in [-0.4, -0.2) is 35.0 Å². The molecule has 2 aromatic carbocycles. The Morgan fingerprint density at radius 1 is 1.37 bits per heavy atom. The maximum absolute atomic E-state index is 14.4. The van der Waals surface area contributed by atoms with E-state index in [2.05, 4.69) is 22.2 Å². The molecular formula is C22H26FN5O2. The third kappa shape index (κ3) is 3.90.